The first kappa shape index (κ1) is 36.9. The topological polar surface area (TPSA) is 92.8 Å². The van der Waals surface area contributed by atoms with E-state index in [1.807, 2.05) is 37.4 Å². The second-order valence-corrected chi connectivity index (χ2v) is 14.8. The highest BCUT2D eigenvalue weighted by Gasteiger charge is 2.30. The zero-order chi connectivity index (χ0) is 33.0. The maximum absolute atomic E-state index is 13.6. The lowest BCUT2D eigenvalue weighted by molar-refractivity contribution is -0.143. The molecule has 250 valence electrons. The van der Waals surface area contributed by atoms with E-state index in [4.69, 9.17) is 4.74 Å². The van der Waals surface area contributed by atoms with Crippen molar-refractivity contribution in [3.8, 4) is 11.1 Å². The van der Waals surface area contributed by atoms with E-state index in [-0.39, 0.29) is 13.1 Å². The standard InChI is InChI=1S/C33H45F3N2O5S2/c1-24-10-7-8-13-27(24)29-22-26(14-15-28(29)31(39)37-30(17-20-44-3)32(40)43-2)23-38(19-16-25-11-5-4-6-12-25)45(41,42)21-9-18-33(34,35)36/h7-8,10,13-15,22,25,30H,4-6,9,11-12,16-21,23H2,1-3H3,(H,37,39)/t30-/m0/s1. The Morgan fingerprint density at radius 3 is 2.44 bits per heavy atom. The molecule has 2 aromatic carbocycles. The van der Waals surface area contributed by atoms with Crippen molar-refractivity contribution in [2.24, 2.45) is 5.92 Å². The van der Waals surface area contributed by atoms with Crippen molar-refractivity contribution >= 4 is 33.7 Å². The lowest BCUT2D eigenvalue weighted by atomic mass is 9.87. The molecule has 0 bridgehead atoms. The minimum Gasteiger partial charge on any atom is -0.467 e. The molecule has 0 aromatic heterocycles. The summed E-state index contributed by atoms with van der Waals surface area (Å²) >= 11 is 1.54. The van der Waals surface area contributed by atoms with Crippen LogP contribution in [0.1, 0.15) is 79.3 Å². The highest BCUT2D eigenvalue weighted by molar-refractivity contribution is 7.98. The van der Waals surface area contributed by atoms with Crippen LogP contribution in [0.15, 0.2) is 42.5 Å². The SMILES string of the molecule is COC(=O)[C@H](CCSC)NC(=O)c1ccc(CN(CCC2CCCCC2)S(=O)(=O)CCCC(F)(F)F)cc1-c1ccccc1C. The highest BCUT2D eigenvalue weighted by Crippen LogP contribution is 2.31. The third-order valence-electron chi connectivity index (χ3n) is 8.29. The first-order valence-electron chi connectivity index (χ1n) is 15.5. The number of nitrogens with one attached hydrogen (secondary N) is 1. The Balaban J connectivity index is 1.95. The summed E-state index contributed by atoms with van der Waals surface area (Å²) in [5, 5.41) is 2.80. The maximum atomic E-state index is 13.6. The van der Waals surface area contributed by atoms with E-state index in [1.54, 1.807) is 30.0 Å². The molecule has 1 aliphatic carbocycles. The van der Waals surface area contributed by atoms with Gasteiger partial charge in [0, 0.05) is 25.1 Å². The molecule has 0 saturated heterocycles. The van der Waals surface area contributed by atoms with Crippen LogP contribution in [-0.4, -0.2) is 68.2 Å². The Labute approximate surface area is 269 Å². The van der Waals surface area contributed by atoms with E-state index < -0.39 is 52.7 Å². The molecule has 1 fully saturated rings. The Morgan fingerprint density at radius 2 is 1.80 bits per heavy atom. The van der Waals surface area contributed by atoms with Gasteiger partial charge in [0.05, 0.1) is 12.9 Å². The number of hydrogen-bond acceptors (Lipinski definition) is 6. The second-order valence-electron chi connectivity index (χ2n) is 11.7. The Hall–Kier alpha value is -2.57. The van der Waals surface area contributed by atoms with Crippen molar-refractivity contribution in [3.63, 3.8) is 0 Å². The summed E-state index contributed by atoms with van der Waals surface area (Å²) in [6, 6.07) is 11.7. The number of carbonyl (C=O) groups is 2. The van der Waals surface area contributed by atoms with Crippen molar-refractivity contribution in [2.45, 2.75) is 83.5 Å². The number of sulfonamides is 1. The normalized spacial score (nSPS) is 15.2. The van der Waals surface area contributed by atoms with Gasteiger partial charge in [0.15, 0.2) is 0 Å². The van der Waals surface area contributed by atoms with Gasteiger partial charge in [-0.2, -0.15) is 29.2 Å². The number of esters is 1. The number of amides is 1. The van der Waals surface area contributed by atoms with Crippen LogP contribution in [0.3, 0.4) is 0 Å². The molecular formula is C33H45F3N2O5S2. The molecule has 0 aliphatic heterocycles. The summed E-state index contributed by atoms with van der Waals surface area (Å²) in [4.78, 5) is 26.0. The van der Waals surface area contributed by atoms with Gasteiger partial charge in [0.2, 0.25) is 10.0 Å². The summed E-state index contributed by atoms with van der Waals surface area (Å²) in [6.07, 6.45) is 2.25. The number of ether oxygens (including phenoxy) is 1. The molecule has 1 saturated carbocycles. The summed E-state index contributed by atoms with van der Waals surface area (Å²) < 4.78 is 71.6. The molecule has 0 heterocycles. The fourth-order valence-electron chi connectivity index (χ4n) is 5.76. The van der Waals surface area contributed by atoms with Crippen LogP contribution < -0.4 is 5.32 Å². The van der Waals surface area contributed by atoms with E-state index in [2.05, 4.69) is 5.32 Å². The number of halogens is 3. The van der Waals surface area contributed by atoms with Crippen molar-refractivity contribution < 1.29 is 35.9 Å². The molecule has 3 rings (SSSR count). The van der Waals surface area contributed by atoms with Crippen LogP contribution in [-0.2, 0) is 26.1 Å². The molecule has 45 heavy (non-hydrogen) atoms. The fraction of sp³-hybridized carbons (Fsp3) is 0.576. The molecule has 0 spiro atoms. The number of thioether (sulfide) groups is 1. The van der Waals surface area contributed by atoms with Gasteiger partial charge in [-0.15, -0.1) is 0 Å². The van der Waals surface area contributed by atoms with Gasteiger partial charge in [0.25, 0.3) is 5.91 Å². The first-order chi connectivity index (χ1) is 21.3. The van der Waals surface area contributed by atoms with Crippen molar-refractivity contribution in [3.05, 3.63) is 59.2 Å². The minimum atomic E-state index is -4.43. The quantitative estimate of drug-likeness (QED) is 0.191. The van der Waals surface area contributed by atoms with Crippen LogP contribution in [0.2, 0.25) is 0 Å². The lowest BCUT2D eigenvalue weighted by Crippen LogP contribution is -2.42. The van der Waals surface area contributed by atoms with Gasteiger partial charge >= 0.3 is 12.1 Å². The maximum Gasteiger partial charge on any atom is 0.389 e. The summed E-state index contributed by atoms with van der Waals surface area (Å²) in [7, 11) is -2.72. The molecule has 0 unspecified atom stereocenters. The van der Waals surface area contributed by atoms with E-state index in [9.17, 15) is 31.2 Å². The smallest absolute Gasteiger partial charge is 0.389 e. The predicted octanol–water partition coefficient (Wildman–Crippen LogP) is 7.13. The zero-order valence-corrected chi connectivity index (χ0v) is 28.0. The average molecular weight is 671 g/mol. The summed E-state index contributed by atoms with van der Waals surface area (Å²) in [6.45, 7) is 2.10. The Bertz CT molecular complexity index is 1380. The van der Waals surface area contributed by atoms with Crippen molar-refractivity contribution in [1.82, 2.24) is 9.62 Å². The molecule has 1 amide bonds. The van der Waals surface area contributed by atoms with E-state index in [1.165, 1.54) is 11.4 Å². The third kappa shape index (κ3) is 11.6. The van der Waals surface area contributed by atoms with Crippen molar-refractivity contribution in [2.75, 3.05) is 31.4 Å². The largest absolute Gasteiger partial charge is 0.467 e. The van der Waals surface area contributed by atoms with Crippen LogP contribution in [0.25, 0.3) is 11.1 Å². The summed E-state index contributed by atoms with van der Waals surface area (Å²) in [5.74, 6) is -0.583. The average Bonchev–Trinajstić information content (AvgIpc) is 3.00. The van der Waals surface area contributed by atoms with Gasteiger partial charge in [-0.1, -0.05) is 62.4 Å². The molecule has 1 aliphatic rings. The minimum absolute atomic E-state index is 0.0274. The van der Waals surface area contributed by atoms with Crippen LogP contribution in [0.5, 0.6) is 0 Å². The number of benzene rings is 2. The number of alkyl halides is 3. The molecule has 1 atom stereocenters. The van der Waals surface area contributed by atoms with Gasteiger partial charge in [-0.3, -0.25) is 4.79 Å². The van der Waals surface area contributed by atoms with Gasteiger partial charge in [0.1, 0.15) is 6.04 Å². The number of nitrogens with zero attached hydrogens (tertiary/aromatic N) is 1. The van der Waals surface area contributed by atoms with E-state index in [0.717, 1.165) is 43.2 Å². The number of rotatable bonds is 16. The molecule has 0 radical (unpaired) electrons. The second kappa shape index (κ2) is 17.4. The number of hydrogen-bond donors (Lipinski definition) is 1. The highest BCUT2D eigenvalue weighted by atomic mass is 32.2. The molecular weight excluding hydrogens is 626 g/mol. The molecule has 2 aromatic rings. The fourth-order valence-corrected chi connectivity index (χ4v) is 7.72. The van der Waals surface area contributed by atoms with Gasteiger partial charge in [-0.25, -0.2) is 13.2 Å². The zero-order valence-electron chi connectivity index (χ0n) is 26.3. The van der Waals surface area contributed by atoms with Gasteiger partial charge in [-0.05, 0) is 78.5 Å². The Kier molecular flexibility index (Phi) is 14.2. The number of aryl methyl sites for hydroxylation is 1. The van der Waals surface area contributed by atoms with Crippen LogP contribution in [0.4, 0.5) is 13.2 Å². The molecule has 1 N–H and O–H groups in total. The lowest BCUT2D eigenvalue weighted by Gasteiger charge is -2.27. The number of carbonyl (C=O) groups excluding carboxylic acids is 2. The molecule has 7 nitrogen and oxygen atoms in total. The first-order valence-corrected chi connectivity index (χ1v) is 18.5. The summed E-state index contributed by atoms with van der Waals surface area (Å²) in [5.41, 5.74) is 3.15. The van der Waals surface area contributed by atoms with Crippen molar-refractivity contribution in [1.29, 1.82) is 0 Å². The third-order valence-corrected chi connectivity index (χ3v) is 10.8. The van der Waals surface area contributed by atoms with Crippen LogP contribution >= 0.6 is 11.8 Å². The van der Waals surface area contributed by atoms with Crippen LogP contribution in [0, 0.1) is 12.8 Å². The van der Waals surface area contributed by atoms with E-state index >= 15 is 0 Å². The number of methoxy groups -OCH3 is 1. The van der Waals surface area contributed by atoms with E-state index in [0.29, 0.717) is 41.2 Å². The molecule has 12 heteroatoms. The predicted molar refractivity (Wildman–Crippen MR) is 174 cm³/mol. The monoisotopic (exact) mass is 670 g/mol. The van der Waals surface area contributed by atoms with Gasteiger partial charge < -0.3 is 10.1 Å². The Morgan fingerprint density at radius 1 is 1.09 bits per heavy atom.